The highest BCUT2D eigenvalue weighted by atomic mass is 35.5. The second kappa shape index (κ2) is 18.4. The van der Waals surface area contributed by atoms with Crippen LogP contribution in [0.5, 0.6) is 5.75 Å². The Morgan fingerprint density at radius 1 is 0.884 bits per heavy atom. The van der Waals surface area contributed by atoms with Crippen LogP contribution >= 0.6 is 23.2 Å². The number of nitrogens with zero attached hydrogens (tertiary/aromatic N) is 3. The average molecular weight is 633 g/mol. The molecule has 0 aromatic heterocycles. The van der Waals surface area contributed by atoms with Crippen molar-refractivity contribution in [1.82, 2.24) is 4.90 Å². The van der Waals surface area contributed by atoms with Gasteiger partial charge in [0.25, 0.3) is 0 Å². The number of piperazine rings is 1. The molecule has 1 saturated heterocycles. The van der Waals surface area contributed by atoms with Gasteiger partial charge in [-0.1, -0.05) is 80.8 Å². The first kappa shape index (κ1) is 33.4. The lowest BCUT2D eigenvalue weighted by Gasteiger charge is -2.36. The second-order valence-electron chi connectivity index (χ2n) is 11.4. The van der Waals surface area contributed by atoms with Gasteiger partial charge in [0, 0.05) is 45.1 Å². The molecule has 0 amide bonds. The summed E-state index contributed by atoms with van der Waals surface area (Å²) in [5, 5.41) is 1.24. The molecule has 0 aliphatic carbocycles. The van der Waals surface area contributed by atoms with Gasteiger partial charge in [0.1, 0.15) is 5.75 Å². The summed E-state index contributed by atoms with van der Waals surface area (Å²) in [5.41, 5.74) is 3.06. The van der Waals surface area contributed by atoms with Crippen LogP contribution in [0, 0.1) is 0 Å². The number of unbranched alkanes of at least 4 members (excludes halogenated alkanes) is 7. The summed E-state index contributed by atoms with van der Waals surface area (Å²) in [6.07, 6.45) is 12.3. The quantitative estimate of drug-likeness (QED) is 0.0989. The molecule has 9 heteroatoms. The standard InChI is InChI=1S/C34H47Cl2N3O4/c1-2-3-4-5-6-7-8-14-33(40)43-26-42-32-18-16-27-15-17-28(25-30(27)37-32)41-24-10-9-19-38-20-22-39(23-21-38)31-13-11-12-29(35)34(31)36/h11-13,15,17,25H,2-10,14,16,18-24,26H2,1H3. The molecule has 7 nitrogen and oxygen atoms in total. The van der Waals surface area contributed by atoms with Crippen LogP contribution in [0.2, 0.25) is 10.0 Å². The Morgan fingerprint density at radius 3 is 2.49 bits per heavy atom. The number of aryl methyl sites for hydroxylation is 1. The van der Waals surface area contributed by atoms with Gasteiger partial charge in [0.2, 0.25) is 6.79 Å². The van der Waals surface area contributed by atoms with E-state index in [2.05, 4.69) is 27.8 Å². The van der Waals surface area contributed by atoms with Crippen molar-refractivity contribution in [1.29, 1.82) is 0 Å². The van der Waals surface area contributed by atoms with E-state index in [1.807, 2.05) is 30.3 Å². The predicted molar refractivity (Wildman–Crippen MR) is 176 cm³/mol. The smallest absolute Gasteiger partial charge is 0.308 e. The number of hydrogen-bond acceptors (Lipinski definition) is 7. The number of rotatable bonds is 17. The first-order valence-corrected chi connectivity index (χ1v) is 16.8. The third kappa shape index (κ3) is 11.2. The number of halogens is 2. The van der Waals surface area contributed by atoms with Gasteiger partial charge in [-0.2, -0.15) is 0 Å². The average Bonchev–Trinajstić information content (AvgIpc) is 3.02. The van der Waals surface area contributed by atoms with Crippen LogP contribution in [0.15, 0.2) is 41.4 Å². The lowest BCUT2D eigenvalue weighted by Crippen LogP contribution is -2.46. The van der Waals surface area contributed by atoms with E-state index in [0.717, 1.165) is 82.0 Å². The summed E-state index contributed by atoms with van der Waals surface area (Å²) < 4.78 is 17.0. The second-order valence-corrected chi connectivity index (χ2v) is 12.2. The molecule has 0 bridgehead atoms. The van der Waals surface area contributed by atoms with Crippen LogP contribution in [0.1, 0.15) is 83.1 Å². The van der Waals surface area contributed by atoms with Crippen molar-refractivity contribution in [3.05, 3.63) is 52.0 Å². The summed E-state index contributed by atoms with van der Waals surface area (Å²) in [5.74, 6) is 1.22. The molecule has 2 heterocycles. The molecule has 0 atom stereocenters. The van der Waals surface area contributed by atoms with Crippen molar-refractivity contribution in [2.75, 3.05) is 51.0 Å². The SMILES string of the molecule is CCCCCCCCCC(=O)OCOC1=Nc2cc(OCCCCN3CCN(c4cccc(Cl)c4Cl)CC3)ccc2CC1. The zero-order valence-corrected chi connectivity index (χ0v) is 27.1. The highest BCUT2D eigenvalue weighted by Crippen LogP contribution is 2.33. The fourth-order valence-electron chi connectivity index (χ4n) is 5.52. The Morgan fingerprint density at radius 2 is 1.67 bits per heavy atom. The molecule has 1 fully saturated rings. The zero-order valence-electron chi connectivity index (χ0n) is 25.6. The maximum atomic E-state index is 12.0. The molecular formula is C34H47Cl2N3O4. The minimum absolute atomic E-state index is 0.0803. The van der Waals surface area contributed by atoms with Crippen LogP contribution in [0.3, 0.4) is 0 Å². The largest absolute Gasteiger partial charge is 0.494 e. The number of benzene rings is 2. The number of fused-ring (bicyclic) bond motifs is 1. The van der Waals surface area contributed by atoms with Gasteiger partial charge in [0.15, 0.2) is 5.90 Å². The maximum Gasteiger partial charge on any atom is 0.308 e. The topological polar surface area (TPSA) is 63.6 Å². The van der Waals surface area contributed by atoms with E-state index < -0.39 is 0 Å². The molecule has 2 aromatic carbocycles. The number of anilines is 1. The molecule has 4 rings (SSSR count). The lowest BCUT2D eigenvalue weighted by atomic mass is 10.0. The van der Waals surface area contributed by atoms with Gasteiger partial charge < -0.3 is 19.1 Å². The van der Waals surface area contributed by atoms with Crippen LogP contribution in [0.25, 0.3) is 0 Å². The molecule has 0 radical (unpaired) electrons. The van der Waals surface area contributed by atoms with Crippen LogP contribution < -0.4 is 9.64 Å². The van der Waals surface area contributed by atoms with E-state index in [1.165, 1.54) is 37.7 Å². The summed E-state index contributed by atoms with van der Waals surface area (Å²) in [7, 11) is 0. The molecule has 0 unspecified atom stereocenters. The van der Waals surface area contributed by atoms with E-state index >= 15 is 0 Å². The first-order chi connectivity index (χ1) is 21.0. The van der Waals surface area contributed by atoms with Crippen molar-refractivity contribution in [3.63, 3.8) is 0 Å². The molecule has 2 aromatic rings. The van der Waals surface area contributed by atoms with Gasteiger partial charge in [-0.15, -0.1) is 0 Å². The van der Waals surface area contributed by atoms with Gasteiger partial charge in [-0.25, -0.2) is 4.99 Å². The van der Waals surface area contributed by atoms with Crippen molar-refractivity contribution < 1.29 is 19.0 Å². The Kier molecular flexibility index (Phi) is 14.3. The fraction of sp³-hybridized carbons (Fsp3) is 0.588. The van der Waals surface area contributed by atoms with E-state index in [0.29, 0.717) is 35.4 Å². The van der Waals surface area contributed by atoms with E-state index in [4.69, 9.17) is 37.4 Å². The van der Waals surface area contributed by atoms with Crippen LogP contribution in [-0.2, 0) is 20.7 Å². The van der Waals surface area contributed by atoms with E-state index in [-0.39, 0.29) is 12.8 Å². The van der Waals surface area contributed by atoms with Crippen molar-refractivity contribution >= 4 is 46.4 Å². The normalized spacial score (nSPS) is 15.1. The Hall–Kier alpha value is -2.48. The van der Waals surface area contributed by atoms with E-state index in [9.17, 15) is 4.79 Å². The van der Waals surface area contributed by atoms with Crippen LogP contribution in [0.4, 0.5) is 11.4 Å². The number of hydrogen-bond donors (Lipinski definition) is 0. The maximum absolute atomic E-state index is 12.0. The van der Waals surface area contributed by atoms with Crippen molar-refractivity contribution in [2.24, 2.45) is 4.99 Å². The molecule has 0 N–H and O–H groups in total. The summed E-state index contributed by atoms with van der Waals surface area (Å²) in [4.78, 5) is 21.5. The Labute approximate surface area is 267 Å². The third-order valence-electron chi connectivity index (χ3n) is 8.12. The molecule has 2 aliphatic rings. The van der Waals surface area contributed by atoms with Gasteiger partial charge in [-0.3, -0.25) is 9.69 Å². The Bertz CT molecular complexity index is 1180. The van der Waals surface area contributed by atoms with Gasteiger partial charge in [0.05, 0.1) is 28.0 Å². The summed E-state index contributed by atoms with van der Waals surface area (Å²) >= 11 is 12.6. The van der Waals surface area contributed by atoms with E-state index in [1.54, 1.807) is 0 Å². The minimum Gasteiger partial charge on any atom is -0.494 e. The minimum atomic E-state index is -0.203. The first-order valence-electron chi connectivity index (χ1n) is 16.1. The molecule has 43 heavy (non-hydrogen) atoms. The number of carbonyl (C=O) groups is 1. The summed E-state index contributed by atoms with van der Waals surface area (Å²) in [6, 6.07) is 11.9. The zero-order chi connectivity index (χ0) is 30.3. The van der Waals surface area contributed by atoms with Gasteiger partial charge >= 0.3 is 5.97 Å². The molecule has 2 aliphatic heterocycles. The highest BCUT2D eigenvalue weighted by molar-refractivity contribution is 6.43. The van der Waals surface area contributed by atoms with Crippen LogP contribution in [-0.4, -0.2) is 62.9 Å². The molecular weight excluding hydrogens is 585 g/mol. The number of carbonyl (C=O) groups excluding carboxylic acids is 1. The fourth-order valence-corrected chi connectivity index (χ4v) is 5.94. The van der Waals surface area contributed by atoms with Crippen molar-refractivity contribution in [2.45, 2.75) is 84.0 Å². The van der Waals surface area contributed by atoms with Crippen molar-refractivity contribution in [3.8, 4) is 5.75 Å². The highest BCUT2D eigenvalue weighted by Gasteiger charge is 2.19. The lowest BCUT2D eigenvalue weighted by molar-refractivity contribution is -0.151. The third-order valence-corrected chi connectivity index (χ3v) is 8.93. The van der Waals surface area contributed by atoms with Gasteiger partial charge in [-0.05, 0) is 56.0 Å². The molecule has 0 spiro atoms. The number of ether oxygens (including phenoxy) is 3. The number of esters is 1. The molecule has 236 valence electrons. The molecule has 0 saturated carbocycles. The monoisotopic (exact) mass is 631 g/mol. The Balaban J connectivity index is 1.09. The number of aliphatic imine (C=N–C) groups is 1. The summed E-state index contributed by atoms with van der Waals surface area (Å²) in [6.45, 7) is 7.77. The predicted octanol–water partition coefficient (Wildman–Crippen LogP) is 8.61.